The van der Waals surface area contributed by atoms with Gasteiger partial charge in [-0.15, -0.1) is 0 Å². The predicted octanol–water partition coefficient (Wildman–Crippen LogP) is 4.28. The van der Waals surface area contributed by atoms with Crippen molar-refractivity contribution in [2.24, 2.45) is 0 Å². The van der Waals surface area contributed by atoms with Gasteiger partial charge in [0, 0.05) is 18.8 Å². The summed E-state index contributed by atoms with van der Waals surface area (Å²) >= 11 is 12.3. The lowest BCUT2D eigenvalue weighted by Gasteiger charge is -2.19. The first-order valence-corrected chi connectivity index (χ1v) is 8.17. The van der Waals surface area contributed by atoms with Gasteiger partial charge in [-0.2, -0.15) is 4.98 Å². The summed E-state index contributed by atoms with van der Waals surface area (Å²) in [5.74, 6) is 1.21. The van der Waals surface area contributed by atoms with Gasteiger partial charge in [-0.3, -0.25) is 0 Å². The first-order valence-electron chi connectivity index (χ1n) is 7.41. The number of halogens is 2. The van der Waals surface area contributed by atoms with E-state index in [2.05, 4.69) is 46.5 Å². The predicted molar refractivity (Wildman–Crippen MR) is 98.0 cm³/mol. The van der Waals surface area contributed by atoms with Crippen LogP contribution in [-0.2, 0) is 0 Å². The summed E-state index contributed by atoms with van der Waals surface area (Å²) in [6.45, 7) is 3.02. The molecular weight excluding hydrogens is 333 g/mol. The summed E-state index contributed by atoms with van der Waals surface area (Å²) in [5, 5.41) is 7.42. The highest BCUT2D eigenvalue weighted by Gasteiger charge is 2.08. The van der Waals surface area contributed by atoms with Crippen LogP contribution >= 0.6 is 23.2 Å². The topological polar surface area (TPSA) is 53.1 Å². The van der Waals surface area contributed by atoms with Gasteiger partial charge in [-0.05, 0) is 45.6 Å². The third kappa shape index (κ3) is 5.23. The average molecular weight is 354 g/mol. The molecule has 7 heteroatoms. The van der Waals surface area contributed by atoms with E-state index in [1.807, 2.05) is 6.07 Å². The minimum Gasteiger partial charge on any atom is -0.370 e. The van der Waals surface area contributed by atoms with Crippen molar-refractivity contribution < 1.29 is 0 Å². The molecule has 2 N–H and O–H groups in total. The Balaban J connectivity index is 2.00. The van der Waals surface area contributed by atoms with E-state index in [1.54, 1.807) is 24.4 Å². The van der Waals surface area contributed by atoms with Crippen molar-refractivity contribution in [3.05, 3.63) is 40.5 Å². The van der Waals surface area contributed by atoms with Crippen molar-refractivity contribution in [2.75, 3.05) is 31.3 Å². The number of rotatable bonds is 7. The van der Waals surface area contributed by atoms with Gasteiger partial charge >= 0.3 is 0 Å². The number of anilines is 3. The molecule has 1 aromatic heterocycles. The van der Waals surface area contributed by atoms with Crippen LogP contribution < -0.4 is 10.6 Å². The van der Waals surface area contributed by atoms with Crippen molar-refractivity contribution >= 4 is 40.7 Å². The highest BCUT2D eigenvalue weighted by Crippen LogP contribution is 2.31. The number of nitrogens with one attached hydrogen (secondary N) is 2. The Bertz CT molecular complexity index is 628. The molecule has 0 amide bonds. The maximum absolute atomic E-state index is 6.14. The standard InChI is InChI=1S/C16H21Cl2N5/c1-11(23(2)3)7-9-19-14-8-10-20-16(21-14)22-15-12(17)5-4-6-13(15)18/h4-6,8,10-11H,7,9H2,1-3H3,(H2,19,20,21,22). The van der Waals surface area contributed by atoms with E-state index < -0.39 is 0 Å². The zero-order chi connectivity index (χ0) is 16.8. The van der Waals surface area contributed by atoms with E-state index in [9.17, 15) is 0 Å². The van der Waals surface area contributed by atoms with Crippen molar-refractivity contribution in [3.8, 4) is 0 Å². The van der Waals surface area contributed by atoms with Crippen LogP contribution in [0.2, 0.25) is 10.0 Å². The molecule has 0 aliphatic heterocycles. The molecule has 2 rings (SSSR count). The Kier molecular flexibility index (Phi) is 6.45. The van der Waals surface area contributed by atoms with Crippen molar-refractivity contribution in [2.45, 2.75) is 19.4 Å². The Morgan fingerprint density at radius 3 is 2.52 bits per heavy atom. The molecule has 0 aliphatic carbocycles. The fraction of sp³-hybridized carbons (Fsp3) is 0.375. The number of hydrogen-bond acceptors (Lipinski definition) is 5. The molecule has 124 valence electrons. The second kappa shape index (κ2) is 8.34. The fourth-order valence-electron chi connectivity index (χ4n) is 1.91. The average Bonchev–Trinajstić information content (AvgIpc) is 2.51. The molecular formula is C16H21Cl2N5. The third-order valence-corrected chi connectivity index (χ3v) is 4.23. The Morgan fingerprint density at radius 2 is 1.87 bits per heavy atom. The van der Waals surface area contributed by atoms with Gasteiger partial charge in [0.15, 0.2) is 0 Å². The lowest BCUT2D eigenvalue weighted by atomic mass is 10.2. The lowest BCUT2D eigenvalue weighted by molar-refractivity contribution is 0.304. The number of aromatic nitrogens is 2. The van der Waals surface area contributed by atoms with Crippen LogP contribution in [0.4, 0.5) is 17.5 Å². The second-order valence-electron chi connectivity index (χ2n) is 5.52. The van der Waals surface area contributed by atoms with Gasteiger partial charge in [0.2, 0.25) is 5.95 Å². The highest BCUT2D eigenvalue weighted by molar-refractivity contribution is 6.39. The summed E-state index contributed by atoms with van der Waals surface area (Å²) in [4.78, 5) is 10.8. The number of benzene rings is 1. The fourth-order valence-corrected chi connectivity index (χ4v) is 2.41. The van der Waals surface area contributed by atoms with Gasteiger partial charge in [-0.1, -0.05) is 29.3 Å². The van der Waals surface area contributed by atoms with Crippen LogP contribution in [0.15, 0.2) is 30.5 Å². The van der Waals surface area contributed by atoms with Crippen LogP contribution in [0, 0.1) is 0 Å². The molecule has 0 radical (unpaired) electrons. The van der Waals surface area contributed by atoms with Crippen LogP contribution in [0.5, 0.6) is 0 Å². The van der Waals surface area contributed by atoms with E-state index in [1.165, 1.54) is 0 Å². The number of nitrogens with zero attached hydrogens (tertiary/aromatic N) is 3. The molecule has 0 aliphatic rings. The normalized spacial score (nSPS) is 12.3. The van der Waals surface area contributed by atoms with Gasteiger partial charge in [0.25, 0.3) is 0 Å². The zero-order valence-electron chi connectivity index (χ0n) is 13.5. The lowest BCUT2D eigenvalue weighted by Crippen LogP contribution is -2.26. The molecule has 1 unspecified atom stereocenters. The molecule has 0 fully saturated rings. The highest BCUT2D eigenvalue weighted by atomic mass is 35.5. The molecule has 0 saturated heterocycles. The molecule has 1 atom stereocenters. The molecule has 0 saturated carbocycles. The molecule has 23 heavy (non-hydrogen) atoms. The smallest absolute Gasteiger partial charge is 0.229 e. The molecule has 0 bridgehead atoms. The molecule has 1 heterocycles. The van der Waals surface area contributed by atoms with Gasteiger partial charge < -0.3 is 15.5 Å². The largest absolute Gasteiger partial charge is 0.370 e. The maximum atomic E-state index is 6.14. The Labute approximate surface area is 147 Å². The van der Waals surface area contributed by atoms with Crippen LogP contribution in [-0.4, -0.2) is 41.5 Å². The first kappa shape index (κ1) is 17.8. The third-order valence-electron chi connectivity index (χ3n) is 3.60. The summed E-state index contributed by atoms with van der Waals surface area (Å²) in [6.07, 6.45) is 2.72. The molecule has 1 aromatic carbocycles. The first-order chi connectivity index (χ1) is 11.0. The number of hydrogen-bond donors (Lipinski definition) is 2. The van der Waals surface area contributed by atoms with Crippen LogP contribution in [0.3, 0.4) is 0 Å². The second-order valence-corrected chi connectivity index (χ2v) is 6.33. The van der Waals surface area contributed by atoms with E-state index in [-0.39, 0.29) is 0 Å². The molecule has 0 spiro atoms. The van der Waals surface area contributed by atoms with E-state index in [4.69, 9.17) is 23.2 Å². The summed E-state index contributed by atoms with van der Waals surface area (Å²) < 4.78 is 0. The van der Waals surface area contributed by atoms with Crippen molar-refractivity contribution in [1.29, 1.82) is 0 Å². The summed E-state index contributed by atoms with van der Waals surface area (Å²) in [7, 11) is 4.15. The van der Waals surface area contributed by atoms with Crippen LogP contribution in [0.25, 0.3) is 0 Å². The Morgan fingerprint density at radius 1 is 1.17 bits per heavy atom. The summed E-state index contributed by atoms with van der Waals surface area (Å²) in [5.41, 5.74) is 0.606. The SMILES string of the molecule is CC(CCNc1ccnc(Nc2c(Cl)cccc2Cl)n1)N(C)C. The summed E-state index contributed by atoms with van der Waals surface area (Å²) in [6, 6.07) is 7.66. The Hall–Kier alpha value is -1.56. The minimum absolute atomic E-state index is 0.450. The quantitative estimate of drug-likeness (QED) is 0.777. The minimum atomic E-state index is 0.450. The zero-order valence-corrected chi connectivity index (χ0v) is 15.0. The molecule has 2 aromatic rings. The van der Waals surface area contributed by atoms with E-state index in [0.29, 0.717) is 27.7 Å². The van der Waals surface area contributed by atoms with Crippen molar-refractivity contribution in [3.63, 3.8) is 0 Å². The van der Waals surface area contributed by atoms with E-state index in [0.717, 1.165) is 18.8 Å². The maximum Gasteiger partial charge on any atom is 0.229 e. The monoisotopic (exact) mass is 353 g/mol. The van der Waals surface area contributed by atoms with Gasteiger partial charge in [0.05, 0.1) is 15.7 Å². The van der Waals surface area contributed by atoms with Gasteiger partial charge in [0.1, 0.15) is 5.82 Å². The van der Waals surface area contributed by atoms with Crippen LogP contribution in [0.1, 0.15) is 13.3 Å². The van der Waals surface area contributed by atoms with E-state index >= 15 is 0 Å². The molecule has 5 nitrogen and oxygen atoms in total. The van der Waals surface area contributed by atoms with Gasteiger partial charge in [-0.25, -0.2) is 4.98 Å². The van der Waals surface area contributed by atoms with Crippen molar-refractivity contribution in [1.82, 2.24) is 14.9 Å². The number of para-hydroxylation sites is 1.